The van der Waals surface area contributed by atoms with Gasteiger partial charge in [-0.05, 0) is 43.2 Å². The minimum absolute atomic E-state index is 0.0312. The van der Waals surface area contributed by atoms with Crippen LogP contribution in [-0.2, 0) is 14.3 Å². The van der Waals surface area contributed by atoms with E-state index in [0.717, 1.165) is 17.7 Å². The zero-order chi connectivity index (χ0) is 24.9. The fourth-order valence-corrected chi connectivity index (χ4v) is 7.27. The summed E-state index contributed by atoms with van der Waals surface area (Å²) in [5.74, 6) is 1.36. The number of epoxide rings is 1. The number of carbonyl (C=O) groups is 2. The van der Waals surface area contributed by atoms with Gasteiger partial charge >= 0.3 is 0 Å². The first-order chi connectivity index (χ1) is 16.7. The molecule has 5 N–H and O–H groups in total. The lowest BCUT2D eigenvalue weighted by atomic mass is 9.83. The van der Waals surface area contributed by atoms with Crippen molar-refractivity contribution in [3.63, 3.8) is 0 Å². The van der Waals surface area contributed by atoms with Crippen LogP contribution in [0.4, 0.5) is 0 Å². The van der Waals surface area contributed by atoms with E-state index in [9.17, 15) is 9.59 Å². The molecule has 35 heavy (non-hydrogen) atoms. The number of rotatable bonds is 6. The summed E-state index contributed by atoms with van der Waals surface area (Å²) < 4.78 is 11.4. The zero-order valence-corrected chi connectivity index (χ0v) is 21.8. The minimum atomic E-state index is -0.566. The summed E-state index contributed by atoms with van der Waals surface area (Å²) in [6.07, 6.45) is 1.38. The summed E-state index contributed by atoms with van der Waals surface area (Å²) in [6.45, 7) is 4.65. The number of carbonyl (C=O) groups excluding carboxylic acids is 2. The Hall–Kier alpha value is -1.56. The van der Waals surface area contributed by atoms with Crippen molar-refractivity contribution in [2.45, 2.75) is 75.1 Å². The van der Waals surface area contributed by atoms with Crippen LogP contribution >= 0.6 is 23.4 Å². The van der Waals surface area contributed by atoms with E-state index in [2.05, 4.69) is 29.8 Å². The van der Waals surface area contributed by atoms with Gasteiger partial charge in [-0.1, -0.05) is 31.5 Å². The van der Waals surface area contributed by atoms with Gasteiger partial charge < -0.3 is 30.7 Å². The number of hydrogen-bond donors (Lipinski definition) is 4. The van der Waals surface area contributed by atoms with Crippen LogP contribution in [0.3, 0.4) is 0 Å². The van der Waals surface area contributed by atoms with Crippen LogP contribution in [0.5, 0.6) is 5.75 Å². The number of thioether (sulfide) groups is 1. The minimum Gasteiger partial charge on any atom is -0.493 e. The molecular weight excluding hydrogens is 490 g/mol. The Morgan fingerprint density at radius 2 is 2.11 bits per heavy atom. The van der Waals surface area contributed by atoms with Gasteiger partial charge in [0.15, 0.2) is 0 Å². The Balaban J connectivity index is 1.34. The maximum atomic E-state index is 13.8. The van der Waals surface area contributed by atoms with Crippen LogP contribution in [0.1, 0.15) is 44.7 Å². The molecule has 4 aliphatic rings. The van der Waals surface area contributed by atoms with Crippen LogP contribution in [-0.4, -0.2) is 72.1 Å². The number of ether oxygens (including phenoxy) is 2. The number of benzene rings is 1. The number of halogens is 1. The predicted octanol–water partition coefficient (Wildman–Crippen LogP) is 1.56. The second kappa shape index (κ2) is 9.72. The first-order valence-corrected chi connectivity index (χ1v) is 13.6. The fraction of sp³-hybridized carbons (Fsp3) is 0.667. The molecule has 192 valence electrons. The molecule has 0 saturated carbocycles. The molecule has 2 unspecified atom stereocenters. The van der Waals surface area contributed by atoms with Crippen molar-refractivity contribution in [3.8, 4) is 5.75 Å². The van der Waals surface area contributed by atoms with Gasteiger partial charge in [-0.15, -0.1) is 11.8 Å². The van der Waals surface area contributed by atoms with Gasteiger partial charge in [0.1, 0.15) is 24.1 Å². The van der Waals surface area contributed by atoms with Gasteiger partial charge in [0, 0.05) is 17.0 Å². The first kappa shape index (κ1) is 25.1. The third kappa shape index (κ3) is 4.89. The fourth-order valence-electron chi connectivity index (χ4n) is 5.53. The van der Waals surface area contributed by atoms with Crippen molar-refractivity contribution in [2.75, 3.05) is 19.4 Å². The van der Waals surface area contributed by atoms with E-state index >= 15 is 0 Å². The van der Waals surface area contributed by atoms with E-state index in [1.165, 1.54) is 0 Å². The normalized spacial score (nSPS) is 34.3. The molecule has 0 spiro atoms. The smallest absolute Gasteiger partial charge is 0.243 e. The van der Waals surface area contributed by atoms with Gasteiger partial charge in [-0.25, -0.2) is 0 Å². The molecule has 9 nitrogen and oxygen atoms in total. The summed E-state index contributed by atoms with van der Waals surface area (Å²) in [5.41, 5.74) is 6.56. The number of fused-ring (bicyclic) bond motifs is 2. The molecule has 1 aromatic carbocycles. The Labute approximate surface area is 215 Å². The summed E-state index contributed by atoms with van der Waals surface area (Å²) in [7, 11) is 1.78. The van der Waals surface area contributed by atoms with Crippen LogP contribution in [0.15, 0.2) is 18.2 Å². The van der Waals surface area contributed by atoms with E-state index in [4.69, 9.17) is 26.8 Å². The standard InChI is InChI=1S/C24H34ClN5O4S/c1-24(2)11-17-30(23(32)15(7-9-35-17)29-22-18(34-22)20(26)27-3)19(24)21(31)28-14-6-8-33-16-10-12(25)4-5-13(14)16/h4-5,10,14-15,17-20,22,27,29H,6-9,11,26H2,1-3H3,(H,28,31)/t14-,15+,17+,18?,19-,20-,22?/m1/s1. The SMILES string of the molecule is CN[C@@H](N)C1OC1N[C@H]1CCS[C@H]2CC(C)(C)[C@@H](C(=O)N[C@@H]3CCOc4cc(Cl)ccc43)N2C1=O. The lowest BCUT2D eigenvalue weighted by molar-refractivity contribution is -0.143. The van der Waals surface area contributed by atoms with Crippen molar-refractivity contribution < 1.29 is 19.1 Å². The van der Waals surface area contributed by atoms with Crippen molar-refractivity contribution in [1.82, 2.24) is 20.9 Å². The topological polar surface area (TPSA) is 121 Å². The highest BCUT2D eigenvalue weighted by Gasteiger charge is 2.55. The third-order valence-electron chi connectivity index (χ3n) is 7.46. The van der Waals surface area contributed by atoms with Crippen LogP contribution < -0.4 is 26.4 Å². The Kier molecular flexibility index (Phi) is 6.97. The molecule has 11 heteroatoms. The molecule has 4 heterocycles. The molecule has 0 bridgehead atoms. The third-order valence-corrected chi connectivity index (χ3v) is 8.94. The van der Waals surface area contributed by atoms with Crippen molar-refractivity contribution in [1.29, 1.82) is 0 Å². The molecule has 0 aromatic heterocycles. The maximum absolute atomic E-state index is 13.8. The van der Waals surface area contributed by atoms with Gasteiger partial charge in [0.05, 0.1) is 30.2 Å². The molecule has 3 fully saturated rings. The maximum Gasteiger partial charge on any atom is 0.243 e. The van der Waals surface area contributed by atoms with E-state index in [-0.39, 0.29) is 47.1 Å². The monoisotopic (exact) mass is 523 g/mol. The zero-order valence-electron chi connectivity index (χ0n) is 20.3. The van der Waals surface area contributed by atoms with Gasteiger partial charge in [-0.2, -0.15) is 0 Å². The quantitative estimate of drug-likeness (QED) is 0.327. The second-order valence-corrected chi connectivity index (χ2v) is 12.1. The lowest BCUT2D eigenvalue weighted by Crippen LogP contribution is -2.57. The van der Waals surface area contributed by atoms with Crippen molar-refractivity contribution in [2.24, 2.45) is 11.1 Å². The molecule has 0 aliphatic carbocycles. The van der Waals surface area contributed by atoms with E-state index < -0.39 is 12.1 Å². The Morgan fingerprint density at radius 3 is 2.89 bits per heavy atom. The number of hydrogen-bond acceptors (Lipinski definition) is 8. The summed E-state index contributed by atoms with van der Waals surface area (Å²) in [4.78, 5) is 29.4. The summed E-state index contributed by atoms with van der Waals surface area (Å²) in [6, 6.07) is 4.32. The Morgan fingerprint density at radius 1 is 1.31 bits per heavy atom. The van der Waals surface area contributed by atoms with Crippen molar-refractivity contribution >= 4 is 35.2 Å². The van der Waals surface area contributed by atoms with Crippen LogP contribution in [0, 0.1) is 5.41 Å². The highest BCUT2D eigenvalue weighted by Crippen LogP contribution is 2.47. The highest BCUT2D eigenvalue weighted by atomic mass is 35.5. The summed E-state index contributed by atoms with van der Waals surface area (Å²) in [5, 5.41) is 10.1. The van der Waals surface area contributed by atoms with Crippen LogP contribution in [0.25, 0.3) is 0 Å². The Bertz CT molecular complexity index is 997. The number of amides is 2. The van der Waals surface area contributed by atoms with E-state index in [1.54, 1.807) is 24.9 Å². The number of nitrogens with two attached hydrogens (primary N) is 1. The highest BCUT2D eigenvalue weighted by molar-refractivity contribution is 7.99. The lowest BCUT2D eigenvalue weighted by Gasteiger charge is -2.36. The van der Waals surface area contributed by atoms with Gasteiger partial charge in [-0.3, -0.25) is 14.9 Å². The predicted molar refractivity (Wildman–Crippen MR) is 135 cm³/mol. The molecule has 0 radical (unpaired) electrons. The first-order valence-electron chi connectivity index (χ1n) is 12.2. The summed E-state index contributed by atoms with van der Waals surface area (Å²) >= 11 is 7.88. The number of likely N-dealkylation sites (N-methyl/N-ethyl adjacent to an activating group) is 1. The largest absolute Gasteiger partial charge is 0.493 e. The van der Waals surface area contributed by atoms with Gasteiger partial charge in [0.2, 0.25) is 11.8 Å². The number of nitrogens with one attached hydrogen (secondary N) is 3. The molecule has 5 rings (SSSR count). The average molecular weight is 524 g/mol. The molecule has 1 aromatic rings. The number of nitrogens with zero attached hydrogens (tertiary/aromatic N) is 1. The molecule has 7 atom stereocenters. The van der Waals surface area contributed by atoms with Crippen LogP contribution in [0.2, 0.25) is 5.02 Å². The van der Waals surface area contributed by atoms with Crippen molar-refractivity contribution in [3.05, 3.63) is 28.8 Å². The van der Waals surface area contributed by atoms with E-state index in [1.807, 2.05) is 17.0 Å². The average Bonchev–Trinajstić information content (AvgIpc) is 3.54. The van der Waals surface area contributed by atoms with Gasteiger partial charge in [0.25, 0.3) is 0 Å². The van der Waals surface area contributed by atoms with E-state index in [0.29, 0.717) is 30.2 Å². The molecule has 2 amide bonds. The molecular formula is C24H34ClN5O4S. The molecule has 3 saturated heterocycles. The molecule has 4 aliphatic heterocycles. The second-order valence-electron chi connectivity index (χ2n) is 10.4.